The van der Waals surface area contributed by atoms with Gasteiger partial charge in [0.05, 0.1) is 11.2 Å². The van der Waals surface area contributed by atoms with E-state index in [1.807, 2.05) is 60.0 Å². The van der Waals surface area contributed by atoms with Gasteiger partial charge in [-0.05, 0) is 5.56 Å². The fraction of sp³-hybridized carbons (Fsp3) is 0.0952. The van der Waals surface area contributed by atoms with Crippen molar-refractivity contribution >= 4 is 28.8 Å². The Bertz CT molecular complexity index is 1180. The molecule has 8 heteroatoms. The fourth-order valence-corrected chi connectivity index (χ4v) is 3.75. The van der Waals surface area contributed by atoms with E-state index in [4.69, 9.17) is 9.41 Å². The SMILES string of the molecule is O=C1Cc2ccccc2C(c2ccccc2)=NC1Nc1nnc(-c2cscn2)o1. The van der Waals surface area contributed by atoms with Gasteiger partial charge in [0.15, 0.2) is 11.9 Å². The Labute approximate surface area is 170 Å². The van der Waals surface area contributed by atoms with Crippen molar-refractivity contribution in [1.82, 2.24) is 15.2 Å². The van der Waals surface area contributed by atoms with Gasteiger partial charge in [-0.2, -0.15) is 0 Å². The summed E-state index contributed by atoms with van der Waals surface area (Å²) in [7, 11) is 0. The van der Waals surface area contributed by atoms with Gasteiger partial charge in [-0.25, -0.2) is 4.98 Å². The summed E-state index contributed by atoms with van der Waals surface area (Å²) in [6, 6.07) is 17.8. The van der Waals surface area contributed by atoms with Crippen molar-refractivity contribution in [3.63, 3.8) is 0 Å². The number of thiazole rings is 1. The number of aromatic nitrogens is 3. The number of rotatable bonds is 4. The number of nitrogens with one attached hydrogen (secondary N) is 1. The zero-order chi connectivity index (χ0) is 19.6. The Hall–Kier alpha value is -3.65. The van der Waals surface area contributed by atoms with Crippen molar-refractivity contribution in [3.8, 4) is 11.6 Å². The van der Waals surface area contributed by atoms with Crippen LogP contribution in [-0.2, 0) is 11.2 Å². The molecule has 1 atom stereocenters. The number of ketones is 1. The Kier molecular flexibility index (Phi) is 4.45. The first-order valence-corrected chi connectivity index (χ1v) is 9.95. The summed E-state index contributed by atoms with van der Waals surface area (Å²) in [6.45, 7) is 0. The number of carbonyl (C=O) groups excluding carboxylic acids is 1. The van der Waals surface area contributed by atoms with Gasteiger partial charge in [0, 0.05) is 22.9 Å². The average molecular weight is 401 g/mol. The third-order valence-corrected chi connectivity index (χ3v) is 5.17. The lowest BCUT2D eigenvalue weighted by atomic mass is 9.96. The highest BCUT2D eigenvalue weighted by atomic mass is 32.1. The summed E-state index contributed by atoms with van der Waals surface area (Å²) >= 11 is 1.44. The topological polar surface area (TPSA) is 93.3 Å². The second-order valence-corrected chi connectivity index (χ2v) is 7.20. The predicted octanol–water partition coefficient (Wildman–Crippen LogP) is 3.59. The molecule has 0 bridgehead atoms. The standard InChI is InChI=1S/C21H15N5O2S/c27-17-10-14-8-4-5-9-15(14)18(13-6-2-1-3-7-13)23-19(17)24-21-26-25-20(28-21)16-11-29-12-22-16/h1-9,11-12,19H,10H2,(H,24,26). The maximum absolute atomic E-state index is 12.9. The molecule has 0 aliphatic carbocycles. The monoisotopic (exact) mass is 401 g/mol. The van der Waals surface area contributed by atoms with E-state index in [9.17, 15) is 4.79 Å². The molecule has 5 rings (SSSR count). The molecule has 4 aromatic rings. The summed E-state index contributed by atoms with van der Waals surface area (Å²) in [4.78, 5) is 21.8. The number of benzene rings is 2. The average Bonchev–Trinajstić information content (AvgIpc) is 3.42. The first-order valence-electron chi connectivity index (χ1n) is 9.01. The molecule has 0 saturated heterocycles. The van der Waals surface area contributed by atoms with E-state index < -0.39 is 6.17 Å². The van der Waals surface area contributed by atoms with Gasteiger partial charge in [0.2, 0.25) is 0 Å². The largest absolute Gasteiger partial charge is 0.402 e. The van der Waals surface area contributed by atoms with Crippen molar-refractivity contribution in [2.45, 2.75) is 12.6 Å². The minimum Gasteiger partial charge on any atom is -0.402 e. The highest BCUT2D eigenvalue weighted by molar-refractivity contribution is 7.07. The van der Waals surface area contributed by atoms with Crippen LogP contribution in [0.15, 0.2) is 74.9 Å². The predicted molar refractivity (Wildman–Crippen MR) is 110 cm³/mol. The van der Waals surface area contributed by atoms with Crippen LogP contribution in [0.1, 0.15) is 16.7 Å². The van der Waals surface area contributed by atoms with Crippen molar-refractivity contribution in [1.29, 1.82) is 0 Å². The van der Waals surface area contributed by atoms with Gasteiger partial charge in [0.25, 0.3) is 5.89 Å². The highest BCUT2D eigenvalue weighted by Gasteiger charge is 2.27. The molecule has 1 unspecified atom stereocenters. The number of hydrogen-bond donors (Lipinski definition) is 1. The Morgan fingerprint density at radius 2 is 1.86 bits per heavy atom. The molecule has 1 aliphatic heterocycles. The number of fused-ring (bicyclic) bond motifs is 1. The minimum absolute atomic E-state index is 0.0724. The molecule has 0 saturated carbocycles. The van der Waals surface area contributed by atoms with Gasteiger partial charge in [0.1, 0.15) is 5.69 Å². The molecule has 1 aliphatic rings. The van der Waals surface area contributed by atoms with E-state index in [2.05, 4.69) is 20.5 Å². The zero-order valence-corrected chi connectivity index (χ0v) is 16.0. The maximum Gasteiger partial charge on any atom is 0.317 e. The second kappa shape index (κ2) is 7.40. The molecular weight excluding hydrogens is 386 g/mol. The number of anilines is 1. The number of nitrogens with zero attached hydrogens (tertiary/aromatic N) is 4. The van der Waals surface area contributed by atoms with Crippen LogP contribution in [0.5, 0.6) is 0 Å². The summed E-state index contributed by atoms with van der Waals surface area (Å²) in [5, 5.41) is 12.8. The lowest BCUT2D eigenvalue weighted by Gasteiger charge is -2.11. The van der Waals surface area contributed by atoms with Gasteiger partial charge in [-0.1, -0.05) is 59.7 Å². The molecule has 0 spiro atoms. The molecule has 29 heavy (non-hydrogen) atoms. The van der Waals surface area contributed by atoms with Gasteiger partial charge in [-0.3, -0.25) is 9.79 Å². The van der Waals surface area contributed by atoms with E-state index in [-0.39, 0.29) is 18.2 Å². The molecular formula is C21H15N5O2S. The fourth-order valence-electron chi connectivity index (χ4n) is 3.22. The van der Waals surface area contributed by atoms with Crippen LogP contribution in [0.25, 0.3) is 11.6 Å². The Morgan fingerprint density at radius 1 is 1.03 bits per heavy atom. The van der Waals surface area contributed by atoms with E-state index in [1.54, 1.807) is 5.51 Å². The first-order chi connectivity index (χ1) is 14.3. The molecule has 2 aromatic heterocycles. The van der Waals surface area contributed by atoms with Gasteiger partial charge >= 0.3 is 6.01 Å². The van der Waals surface area contributed by atoms with Crippen LogP contribution in [0.3, 0.4) is 0 Å². The van der Waals surface area contributed by atoms with Crippen LogP contribution in [0, 0.1) is 0 Å². The first kappa shape index (κ1) is 17.4. The Morgan fingerprint density at radius 3 is 2.69 bits per heavy atom. The normalized spacial score (nSPS) is 16.1. The second-order valence-electron chi connectivity index (χ2n) is 6.48. The van der Waals surface area contributed by atoms with Crippen LogP contribution < -0.4 is 5.32 Å². The molecule has 142 valence electrons. The van der Waals surface area contributed by atoms with Crippen molar-refractivity contribution in [3.05, 3.63) is 82.2 Å². The van der Waals surface area contributed by atoms with Crippen LogP contribution in [-0.4, -0.2) is 32.8 Å². The lowest BCUT2D eigenvalue weighted by Crippen LogP contribution is -2.29. The third-order valence-electron chi connectivity index (χ3n) is 4.58. The lowest BCUT2D eigenvalue weighted by molar-refractivity contribution is -0.119. The van der Waals surface area contributed by atoms with Crippen molar-refractivity contribution in [2.75, 3.05) is 5.32 Å². The highest BCUT2D eigenvalue weighted by Crippen LogP contribution is 2.24. The van der Waals surface area contributed by atoms with Crippen molar-refractivity contribution in [2.24, 2.45) is 4.99 Å². The van der Waals surface area contributed by atoms with Gasteiger partial charge in [-0.15, -0.1) is 16.4 Å². The number of hydrogen-bond acceptors (Lipinski definition) is 8. The zero-order valence-electron chi connectivity index (χ0n) is 15.1. The quantitative estimate of drug-likeness (QED) is 0.562. The summed E-state index contributed by atoms with van der Waals surface area (Å²) in [6.07, 6.45) is -0.567. The molecule has 7 nitrogen and oxygen atoms in total. The van der Waals surface area contributed by atoms with Crippen molar-refractivity contribution < 1.29 is 9.21 Å². The van der Waals surface area contributed by atoms with E-state index in [1.165, 1.54) is 11.3 Å². The summed E-state index contributed by atoms with van der Waals surface area (Å²) < 4.78 is 5.63. The number of carbonyl (C=O) groups is 1. The number of Topliss-reactive ketones (excluding diaryl/α,β-unsaturated/α-hetero) is 1. The third kappa shape index (κ3) is 3.45. The molecule has 0 amide bonds. The van der Waals surface area contributed by atoms with Gasteiger partial charge < -0.3 is 9.73 Å². The smallest absolute Gasteiger partial charge is 0.317 e. The number of aliphatic imine (C=N–C) groups is 1. The summed E-state index contributed by atoms with van der Waals surface area (Å²) in [5.74, 6) is 0.224. The van der Waals surface area contributed by atoms with Crippen LogP contribution >= 0.6 is 11.3 Å². The van der Waals surface area contributed by atoms with E-state index in [0.29, 0.717) is 11.6 Å². The molecule has 3 heterocycles. The van der Waals surface area contributed by atoms with E-state index in [0.717, 1.165) is 22.4 Å². The maximum atomic E-state index is 12.9. The van der Waals surface area contributed by atoms with Crippen LogP contribution in [0.2, 0.25) is 0 Å². The molecule has 1 N–H and O–H groups in total. The molecule has 2 aromatic carbocycles. The molecule has 0 radical (unpaired) electrons. The van der Waals surface area contributed by atoms with E-state index >= 15 is 0 Å². The Balaban J connectivity index is 1.52. The summed E-state index contributed by atoms with van der Waals surface area (Å²) in [5.41, 5.74) is 5.88. The molecule has 0 fully saturated rings. The minimum atomic E-state index is -0.832. The van der Waals surface area contributed by atoms with Crippen LogP contribution in [0.4, 0.5) is 6.01 Å².